The lowest BCUT2D eigenvalue weighted by atomic mass is 10.1. The van der Waals surface area contributed by atoms with E-state index in [1.807, 2.05) is 44.2 Å². The van der Waals surface area contributed by atoms with E-state index in [1.54, 1.807) is 18.3 Å². The zero-order valence-electron chi connectivity index (χ0n) is 10.6. The minimum Gasteiger partial charge on any atom is -0.350 e. The molecule has 0 radical (unpaired) electrons. The SMILES string of the molecule is CC(C)NC(=O)c1cccnc1-c1ccccc1. The van der Waals surface area contributed by atoms with Crippen molar-refractivity contribution in [3.8, 4) is 11.3 Å². The van der Waals surface area contributed by atoms with Gasteiger partial charge in [0.25, 0.3) is 5.91 Å². The molecule has 18 heavy (non-hydrogen) atoms. The molecule has 92 valence electrons. The van der Waals surface area contributed by atoms with Crippen molar-refractivity contribution in [2.75, 3.05) is 0 Å². The van der Waals surface area contributed by atoms with Crippen LogP contribution in [0.1, 0.15) is 24.2 Å². The first-order valence-electron chi connectivity index (χ1n) is 6.00. The maximum atomic E-state index is 12.1. The smallest absolute Gasteiger partial charge is 0.253 e. The van der Waals surface area contributed by atoms with Crippen LogP contribution >= 0.6 is 0 Å². The van der Waals surface area contributed by atoms with Crippen molar-refractivity contribution in [3.63, 3.8) is 0 Å². The lowest BCUT2D eigenvalue weighted by Gasteiger charge is -2.11. The second kappa shape index (κ2) is 5.45. The Morgan fingerprint density at radius 3 is 2.50 bits per heavy atom. The standard InChI is InChI=1S/C15H16N2O/c1-11(2)17-15(18)13-9-6-10-16-14(13)12-7-4-3-5-8-12/h3-11H,1-2H3,(H,17,18). The van der Waals surface area contributed by atoms with Gasteiger partial charge in [-0.2, -0.15) is 0 Å². The number of aromatic nitrogens is 1. The average Bonchev–Trinajstić information content (AvgIpc) is 2.39. The van der Waals surface area contributed by atoms with Crippen LogP contribution in [0.4, 0.5) is 0 Å². The molecule has 0 unspecified atom stereocenters. The Morgan fingerprint density at radius 1 is 1.11 bits per heavy atom. The molecule has 0 aliphatic heterocycles. The minimum absolute atomic E-state index is 0.0862. The summed E-state index contributed by atoms with van der Waals surface area (Å²) in [6, 6.07) is 13.4. The molecule has 0 atom stereocenters. The molecule has 2 aromatic rings. The van der Waals surface area contributed by atoms with E-state index >= 15 is 0 Å². The zero-order chi connectivity index (χ0) is 13.0. The number of amides is 1. The number of hydrogen-bond donors (Lipinski definition) is 1. The highest BCUT2D eigenvalue weighted by molar-refractivity contribution is 5.99. The molecule has 2 rings (SSSR count). The Hall–Kier alpha value is -2.16. The molecule has 1 aromatic heterocycles. The summed E-state index contributed by atoms with van der Waals surface area (Å²) in [4.78, 5) is 16.4. The Bertz CT molecular complexity index is 535. The number of nitrogens with zero attached hydrogens (tertiary/aromatic N) is 1. The van der Waals surface area contributed by atoms with E-state index in [9.17, 15) is 4.79 Å². The monoisotopic (exact) mass is 240 g/mol. The molecule has 0 saturated heterocycles. The number of pyridine rings is 1. The molecule has 0 saturated carbocycles. The quantitative estimate of drug-likeness (QED) is 0.896. The fraction of sp³-hybridized carbons (Fsp3) is 0.200. The van der Waals surface area contributed by atoms with Gasteiger partial charge in [-0.05, 0) is 26.0 Å². The lowest BCUT2D eigenvalue weighted by molar-refractivity contribution is 0.0943. The van der Waals surface area contributed by atoms with E-state index in [0.717, 1.165) is 11.3 Å². The summed E-state index contributed by atoms with van der Waals surface area (Å²) in [6.45, 7) is 3.88. The van der Waals surface area contributed by atoms with Crippen molar-refractivity contribution < 1.29 is 4.79 Å². The first kappa shape index (κ1) is 12.3. The molecular weight excluding hydrogens is 224 g/mol. The molecule has 0 spiro atoms. The van der Waals surface area contributed by atoms with Gasteiger partial charge < -0.3 is 5.32 Å². The first-order valence-corrected chi connectivity index (χ1v) is 6.00. The summed E-state index contributed by atoms with van der Waals surface area (Å²) in [5.41, 5.74) is 2.28. The van der Waals surface area contributed by atoms with E-state index in [-0.39, 0.29) is 11.9 Å². The van der Waals surface area contributed by atoms with Gasteiger partial charge >= 0.3 is 0 Å². The molecule has 0 aliphatic rings. The molecule has 3 nitrogen and oxygen atoms in total. The van der Waals surface area contributed by atoms with Crippen LogP contribution in [0.2, 0.25) is 0 Å². The van der Waals surface area contributed by atoms with Gasteiger partial charge in [0.05, 0.1) is 11.3 Å². The van der Waals surface area contributed by atoms with Crippen LogP contribution in [-0.2, 0) is 0 Å². The van der Waals surface area contributed by atoms with Gasteiger partial charge in [-0.3, -0.25) is 9.78 Å². The number of nitrogens with one attached hydrogen (secondary N) is 1. The first-order chi connectivity index (χ1) is 8.68. The fourth-order valence-electron chi connectivity index (χ4n) is 1.75. The van der Waals surface area contributed by atoms with Gasteiger partial charge in [-0.25, -0.2) is 0 Å². The zero-order valence-corrected chi connectivity index (χ0v) is 10.6. The second-order valence-electron chi connectivity index (χ2n) is 4.39. The second-order valence-corrected chi connectivity index (χ2v) is 4.39. The molecule has 0 aliphatic carbocycles. The predicted molar refractivity (Wildman–Crippen MR) is 72.3 cm³/mol. The molecular formula is C15H16N2O. The van der Waals surface area contributed by atoms with Crippen LogP contribution in [-0.4, -0.2) is 16.9 Å². The van der Waals surface area contributed by atoms with Crippen molar-refractivity contribution in [2.24, 2.45) is 0 Å². The fourth-order valence-corrected chi connectivity index (χ4v) is 1.75. The number of benzene rings is 1. The van der Waals surface area contributed by atoms with E-state index in [1.165, 1.54) is 0 Å². The van der Waals surface area contributed by atoms with E-state index in [2.05, 4.69) is 10.3 Å². The predicted octanol–water partition coefficient (Wildman–Crippen LogP) is 2.89. The highest BCUT2D eigenvalue weighted by atomic mass is 16.1. The highest BCUT2D eigenvalue weighted by Gasteiger charge is 2.13. The van der Waals surface area contributed by atoms with Gasteiger partial charge in [0.2, 0.25) is 0 Å². The summed E-state index contributed by atoms with van der Waals surface area (Å²) in [6.07, 6.45) is 1.70. The summed E-state index contributed by atoms with van der Waals surface area (Å²) >= 11 is 0. The normalized spacial score (nSPS) is 10.4. The maximum absolute atomic E-state index is 12.1. The van der Waals surface area contributed by atoms with Crippen molar-refractivity contribution in [3.05, 3.63) is 54.2 Å². The van der Waals surface area contributed by atoms with E-state index < -0.39 is 0 Å². The van der Waals surface area contributed by atoms with Crippen LogP contribution in [0.3, 0.4) is 0 Å². The third-order valence-corrected chi connectivity index (χ3v) is 2.52. The summed E-state index contributed by atoms with van der Waals surface area (Å²) in [5, 5.41) is 2.89. The summed E-state index contributed by atoms with van der Waals surface area (Å²) < 4.78 is 0. The molecule has 1 N–H and O–H groups in total. The molecule has 0 fully saturated rings. The Morgan fingerprint density at radius 2 is 1.83 bits per heavy atom. The van der Waals surface area contributed by atoms with Crippen LogP contribution in [0.15, 0.2) is 48.7 Å². The van der Waals surface area contributed by atoms with Crippen LogP contribution in [0, 0.1) is 0 Å². The average molecular weight is 240 g/mol. The van der Waals surface area contributed by atoms with Crippen LogP contribution in [0.5, 0.6) is 0 Å². The van der Waals surface area contributed by atoms with E-state index in [4.69, 9.17) is 0 Å². The largest absolute Gasteiger partial charge is 0.350 e. The van der Waals surface area contributed by atoms with Gasteiger partial charge in [-0.1, -0.05) is 30.3 Å². The summed E-state index contributed by atoms with van der Waals surface area (Å²) in [5.74, 6) is -0.0862. The molecule has 3 heteroatoms. The van der Waals surface area contributed by atoms with Crippen molar-refractivity contribution in [1.29, 1.82) is 0 Å². The van der Waals surface area contributed by atoms with Gasteiger partial charge in [0.1, 0.15) is 0 Å². The third-order valence-electron chi connectivity index (χ3n) is 2.52. The maximum Gasteiger partial charge on any atom is 0.253 e. The Kier molecular flexibility index (Phi) is 3.72. The number of rotatable bonds is 3. The van der Waals surface area contributed by atoms with Crippen LogP contribution in [0.25, 0.3) is 11.3 Å². The van der Waals surface area contributed by atoms with Crippen molar-refractivity contribution in [1.82, 2.24) is 10.3 Å². The highest BCUT2D eigenvalue weighted by Crippen LogP contribution is 2.20. The van der Waals surface area contributed by atoms with Crippen molar-refractivity contribution in [2.45, 2.75) is 19.9 Å². The Labute approximate surface area is 107 Å². The summed E-state index contributed by atoms with van der Waals surface area (Å²) in [7, 11) is 0. The minimum atomic E-state index is -0.0862. The van der Waals surface area contributed by atoms with Gasteiger partial charge in [0, 0.05) is 17.8 Å². The third kappa shape index (κ3) is 2.74. The molecule has 0 bridgehead atoms. The van der Waals surface area contributed by atoms with Gasteiger partial charge in [-0.15, -0.1) is 0 Å². The van der Waals surface area contributed by atoms with Crippen LogP contribution < -0.4 is 5.32 Å². The molecule has 1 aromatic carbocycles. The van der Waals surface area contributed by atoms with E-state index in [0.29, 0.717) is 5.56 Å². The van der Waals surface area contributed by atoms with Gasteiger partial charge in [0.15, 0.2) is 0 Å². The topological polar surface area (TPSA) is 42.0 Å². The molecule has 1 heterocycles. The Balaban J connectivity index is 2.41. The molecule has 1 amide bonds. The number of carbonyl (C=O) groups is 1. The number of hydrogen-bond acceptors (Lipinski definition) is 2. The number of carbonyl (C=O) groups excluding carboxylic acids is 1. The van der Waals surface area contributed by atoms with Crippen molar-refractivity contribution >= 4 is 5.91 Å². The lowest BCUT2D eigenvalue weighted by Crippen LogP contribution is -2.30.